The number of hydrogen-bond donors (Lipinski definition) is 2. The lowest BCUT2D eigenvalue weighted by atomic mass is 10.2. The van der Waals surface area contributed by atoms with E-state index in [9.17, 15) is 9.59 Å². The Kier molecular flexibility index (Phi) is 5.57. The van der Waals surface area contributed by atoms with Crippen LogP contribution < -0.4 is 20.1 Å². The summed E-state index contributed by atoms with van der Waals surface area (Å²) < 4.78 is 12.7. The number of ether oxygens (including phenoxy) is 2. The maximum Gasteiger partial charge on any atom is 0.321 e. The fourth-order valence-electron chi connectivity index (χ4n) is 2.87. The number of urea groups is 1. The highest BCUT2D eigenvalue weighted by atomic mass is 32.2. The number of carbonyl (C=O) groups excluding carboxylic acids is 2. The molecule has 10 heteroatoms. The first-order valence-corrected chi connectivity index (χ1v) is 10.0. The van der Waals surface area contributed by atoms with Crippen LogP contribution in [0.5, 0.6) is 11.5 Å². The number of fused-ring (bicyclic) bond motifs is 1. The Hall–Kier alpha value is -3.53. The standard InChI is InChI=1S/C20H19N5O4S/c1-12(18(26)22-19(27)21-2)30-20-24-23-17(25(20)14-6-4-3-5-7-14)13-8-9-15-16(10-13)29-11-28-15/h3-10,12H,11H2,1-2H3,(H2,21,22,26,27). The lowest BCUT2D eigenvalue weighted by molar-refractivity contribution is -0.119. The Morgan fingerprint density at radius 3 is 2.63 bits per heavy atom. The molecule has 4 rings (SSSR count). The van der Waals surface area contributed by atoms with E-state index in [1.807, 2.05) is 53.1 Å². The van der Waals surface area contributed by atoms with Crippen molar-refractivity contribution in [3.8, 4) is 28.6 Å². The maximum absolute atomic E-state index is 12.3. The van der Waals surface area contributed by atoms with Crippen molar-refractivity contribution in [1.29, 1.82) is 0 Å². The van der Waals surface area contributed by atoms with Crippen LogP contribution in [0.4, 0.5) is 4.79 Å². The Bertz CT molecular complexity index is 1090. The van der Waals surface area contributed by atoms with Crippen molar-refractivity contribution < 1.29 is 19.1 Å². The molecule has 2 aromatic carbocycles. The largest absolute Gasteiger partial charge is 0.454 e. The molecule has 0 fully saturated rings. The van der Waals surface area contributed by atoms with Crippen LogP contribution in [0.1, 0.15) is 6.92 Å². The second-order valence-electron chi connectivity index (χ2n) is 6.37. The van der Waals surface area contributed by atoms with Gasteiger partial charge in [-0.15, -0.1) is 10.2 Å². The summed E-state index contributed by atoms with van der Waals surface area (Å²) in [7, 11) is 1.45. The summed E-state index contributed by atoms with van der Waals surface area (Å²) in [6.45, 7) is 1.89. The van der Waals surface area contributed by atoms with Crippen molar-refractivity contribution >= 4 is 23.7 Å². The lowest BCUT2D eigenvalue weighted by Crippen LogP contribution is -2.41. The summed E-state index contributed by atoms with van der Waals surface area (Å²) in [5.41, 5.74) is 1.64. The predicted molar refractivity (Wildman–Crippen MR) is 111 cm³/mol. The number of nitrogens with zero attached hydrogens (tertiary/aromatic N) is 3. The molecule has 9 nitrogen and oxygen atoms in total. The van der Waals surface area contributed by atoms with Crippen LogP contribution in [-0.4, -0.2) is 45.8 Å². The van der Waals surface area contributed by atoms with E-state index in [0.717, 1.165) is 11.3 Å². The van der Waals surface area contributed by atoms with Gasteiger partial charge in [0.15, 0.2) is 22.5 Å². The third-order valence-electron chi connectivity index (χ3n) is 4.39. The van der Waals surface area contributed by atoms with Gasteiger partial charge in [0.2, 0.25) is 12.7 Å². The molecule has 1 aromatic heterocycles. The molecule has 0 radical (unpaired) electrons. The number of rotatable bonds is 5. The lowest BCUT2D eigenvalue weighted by Gasteiger charge is -2.13. The molecule has 2 heterocycles. The van der Waals surface area contributed by atoms with E-state index in [0.29, 0.717) is 22.5 Å². The molecule has 1 aliphatic heterocycles. The molecule has 3 aromatic rings. The average molecular weight is 425 g/mol. The van der Waals surface area contributed by atoms with Gasteiger partial charge >= 0.3 is 6.03 Å². The van der Waals surface area contributed by atoms with Gasteiger partial charge in [0, 0.05) is 18.3 Å². The molecule has 3 amide bonds. The minimum atomic E-state index is -0.571. The van der Waals surface area contributed by atoms with Gasteiger partial charge in [0.25, 0.3) is 0 Å². The molecular formula is C20H19N5O4S. The summed E-state index contributed by atoms with van der Waals surface area (Å²) in [6, 6.07) is 14.6. The van der Waals surface area contributed by atoms with Gasteiger partial charge in [-0.25, -0.2) is 4.79 Å². The number of imide groups is 1. The van der Waals surface area contributed by atoms with Gasteiger partial charge in [0.1, 0.15) is 0 Å². The van der Waals surface area contributed by atoms with E-state index >= 15 is 0 Å². The normalized spacial score (nSPS) is 13.0. The van der Waals surface area contributed by atoms with Crippen LogP contribution in [0.3, 0.4) is 0 Å². The van der Waals surface area contributed by atoms with Gasteiger partial charge in [-0.3, -0.25) is 14.7 Å². The van der Waals surface area contributed by atoms with E-state index in [1.165, 1.54) is 18.8 Å². The molecule has 30 heavy (non-hydrogen) atoms. The van der Waals surface area contributed by atoms with Crippen molar-refractivity contribution in [3.05, 3.63) is 48.5 Å². The maximum atomic E-state index is 12.3. The topological polar surface area (TPSA) is 107 Å². The smallest absolute Gasteiger partial charge is 0.321 e. The van der Waals surface area contributed by atoms with Crippen LogP contribution in [0.15, 0.2) is 53.7 Å². The average Bonchev–Trinajstić information content (AvgIpc) is 3.40. The summed E-state index contributed by atoms with van der Waals surface area (Å²) in [6.07, 6.45) is 0. The molecule has 0 spiro atoms. The molecule has 0 saturated carbocycles. The third kappa shape index (κ3) is 3.94. The third-order valence-corrected chi connectivity index (χ3v) is 5.44. The molecule has 0 saturated heterocycles. The van der Waals surface area contributed by atoms with Gasteiger partial charge in [0.05, 0.1) is 5.25 Å². The number of thioether (sulfide) groups is 1. The second kappa shape index (κ2) is 8.46. The Labute approximate surface area is 176 Å². The Morgan fingerprint density at radius 2 is 1.87 bits per heavy atom. The van der Waals surface area contributed by atoms with Gasteiger partial charge in [-0.1, -0.05) is 30.0 Å². The summed E-state index contributed by atoms with van der Waals surface area (Å²) >= 11 is 1.21. The van der Waals surface area contributed by atoms with Crippen molar-refractivity contribution in [3.63, 3.8) is 0 Å². The van der Waals surface area contributed by atoms with Crippen LogP contribution in [0.2, 0.25) is 0 Å². The van der Waals surface area contributed by atoms with Crippen LogP contribution in [-0.2, 0) is 4.79 Å². The fourth-order valence-corrected chi connectivity index (χ4v) is 3.73. The molecule has 1 aliphatic rings. The van der Waals surface area contributed by atoms with E-state index in [1.54, 1.807) is 6.92 Å². The first kappa shape index (κ1) is 19.8. The number of amides is 3. The molecule has 1 atom stereocenters. The minimum Gasteiger partial charge on any atom is -0.454 e. The number of nitrogens with one attached hydrogen (secondary N) is 2. The van der Waals surface area contributed by atoms with Crippen LogP contribution in [0, 0.1) is 0 Å². The number of benzene rings is 2. The minimum absolute atomic E-state index is 0.184. The SMILES string of the molecule is CNC(=O)NC(=O)C(C)Sc1nnc(-c2ccc3c(c2)OCO3)n1-c1ccccc1. The number of carbonyl (C=O) groups is 2. The highest BCUT2D eigenvalue weighted by molar-refractivity contribution is 8.00. The van der Waals surface area contributed by atoms with E-state index < -0.39 is 17.2 Å². The fraction of sp³-hybridized carbons (Fsp3) is 0.200. The van der Waals surface area contributed by atoms with Gasteiger partial charge < -0.3 is 14.8 Å². The Morgan fingerprint density at radius 1 is 1.10 bits per heavy atom. The molecular weight excluding hydrogens is 406 g/mol. The molecule has 0 aliphatic carbocycles. The van der Waals surface area contributed by atoms with Crippen molar-refractivity contribution in [2.75, 3.05) is 13.8 Å². The van der Waals surface area contributed by atoms with E-state index in [-0.39, 0.29) is 6.79 Å². The summed E-state index contributed by atoms with van der Waals surface area (Å²) in [5.74, 6) is 1.49. The zero-order chi connectivity index (χ0) is 21.1. The van der Waals surface area contributed by atoms with E-state index in [2.05, 4.69) is 20.8 Å². The van der Waals surface area contributed by atoms with Crippen LogP contribution >= 0.6 is 11.8 Å². The van der Waals surface area contributed by atoms with Crippen LogP contribution in [0.25, 0.3) is 17.1 Å². The first-order chi connectivity index (χ1) is 14.6. The van der Waals surface area contributed by atoms with Gasteiger partial charge in [-0.05, 0) is 37.3 Å². The Balaban J connectivity index is 1.70. The monoisotopic (exact) mass is 425 g/mol. The van der Waals surface area contributed by atoms with Crippen molar-refractivity contribution in [1.82, 2.24) is 25.4 Å². The van der Waals surface area contributed by atoms with Gasteiger partial charge in [-0.2, -0.15) is 0 Å². The highest BCUT2D eigenvalue weighted by Gasteiger charge is 2.24. The predicted octanol–water partition coefficient (Wildman–Crippen LogP) is 2.60. The van der Waals surface area contributed by atoms with Crippen molar-refractivity contribution in [2.24, 2.45) is 0 Å². The number of aromatic nitrogens is 3. The second-order valence-corrected chi connectivity index (χ2v) is 7.68. The zero-order valence-corrected chi connectivity index (χ0v) is 17.1. The van der Waals surface area contributed by atoms with Crippen molar-refractivity contribution in [2.45, 2.75) is 17.3 Å². The number of hydrogen-bond acceptors (Lipinski definition) is 7. The molecule has 0 bridgehead atoms. The summed E-state index contributed by atoms with van der Waals surface area (Å²) in [4.78, 5) is 23.7. The zero-order valence-electron chi connectivity index (χ0n) is 16.3. The first-order valence-electron chi connectivity index (χ1n) is 9.17. The van der Waals surface area contributed by atoms with E-state index in [4.69, 9.17) is 9.47 Å². The molecule has 2 N–H and O–H groups in total. The summed E-state index contributed by atoms with van der Waals surface area (Å²) in [5, 5.41) is 13.3. The highest BCUT2D eigenvalue weighted by Crippen LogP contribution is 2.37. The number of para-hydroxylation sites is 1. The quantitative estimate of drug-likeness (QED) is 0.605. The molecule has 1 unspecified atom stereocenters. The molecule has 154 valence electrons.